The minimum Gasteiger partial charge on any atom is -0.494 e. The smallest absolute Gasteiger partial charge is 0.274 e. The van der Waals surface area contributed by atoms with Gasteiger partial charge in [0, 0.05) is 11.6 Å². The lowest BCUT2D eigenvalue weighted by Gasteiger charge is -2.24. The molecule has 7 nitrogen and oxygen atoms in total. The van der Waals surface area contributed by atoms with E-state index >= 15 is 0 Å². The van der Waals surface area contributed by atoms with Crippen molar-refractivity contribution in [3.8, 4) is 5.75 Å². The third kappa shape index (κ3) is 4.41. The number of aromatic nitrogens is 3. The van der Waals surface area contributed by atoms with Crippen LogP contribution in [0.1, 0.15) is 40.3 Å². The fourth-order valence-electron chi connectivity index (χ4n) is 3.25. The van der Waals surface area contributed by atoms with Gasteiger partial charge in [-0.25, -0.2) is 4.68 Å². The summed E-state index contributed by atoms with van der Waals surface area (Å²) < 4.78 is 13.2. The molecule has 0 unspecified atom stereocenters. The van der Waals surface area contributed by atoms with E-state index in [4.69, 9.17) is 21.1 Å². The molecule has 0 spiro atoms. The van der Waals surface area contributed by atoms with E-state index in [2.05, 4.69) is 15.6 Å². The Hall–Kier alpha value is -2.90. The number of nitrogens with zero attached hydrogens (tertiary/aromatic N) is 3. The van der Waals surface area contributed by atoms with Crippen molar-refractivity contribution in [2.75, 3.05) is 6.61 Å². The van der Waals surface area contributed by atoms with Crippen LogP contribution in [-0.2, 0) is 24.4 Å². The lowest BCUT2D eigenvalue weighted by atomic mass is 10.1. The number of amides is 1. The molecule has 2 heterocycles. The summed E-state index contributed by atoms with van der Waals surface area (Å²) >= 11 is 5.95. The van der Waals surface area contributed by atoms with E-state index in [1.54, 1.807) is 4.68 Å². The first-order chi connectivity index (χ1) is 14.1. The molecule has 0 radical (unpaired) electrons. The lowest BCUT2D eigenvalue weighted by Crippen LogP contribution is -2.27. The molecule has 8 heteroatoms. The second-order valence-electron chi connectivity index (χ2n) is 6.68. The Morgan fingerprint density at radius 3 is 2.93 bits per heavy atom. The minimum absolute atomic E-state index is 0.154. The van der Waals surface area contributed by atoms with Gasteiger partial charge in [-0.3, -0.25) is 4.79 Å². The van der Waals surface area contributed by atoms with Crippen molar-refractivity contribution in [2.24, 2.45) is 0 Å². The zero-order valence-corrected chi connectivity index (χ0v) is 16.7. The SMILES string of the molecule is CCOc1cccc(CNC(=O)c2nnn3c2CO[C@@H](c2ccc(Cl)cc2)C3)c1. The fraction of sp³-hybridized carbons (Fsp3) is 0.286. The van der Waals surface area contributed by atoms with Gasteiger partial charge in [0.05, 0.1) is 25.5 Å². The number of rotatable bonds is 6. The molecule has 0 fully saturated rings. The lowest BCUT2D eigenvalue weighted by molar-refractivity contribution is -0.00176. The average molecular weight is 413 g/mol. The summed E-state index contributed by atoms with van der Waals surface area (Å²) in [6.07, 6.45) is -0.154. The van der Waals surface area contributed by atoms with Crippen LogP contribution in [0.15, 0.2) is 48.5 Å². The number of hydrogen-bond acceptors (Lipinski definition) is 5. The zero-order chi connectivity index (χ0) is 20.2. The Labute approximate surface area is 173 Å². The number of hydrogen-bond donors (Lipinski definition) is 1. The molecule has 0 saturated carbocycles. The molecule has 0 bridgehead atoms. The van der Waals surface area contributed by atoms with Gasteiger partial charge in [0.1, 0.15) is 11.9 Å². The van der Waals surface area contributed by atoms with E-state index in [9.17, 15) is 4.79 Å². The van der Waals surface area contributed by atoms with Crippen LogP contribution in [0.4, 0.5) is 0 Å². The predicted molar refractivity (Wildman–Crippen MR) is 108 cm³/mol. The van der Waals surface area contributed by atoms with Crippen LogP contribution in [-0.4, -0.2) is 27.5 Å². The Bertz CT molecular complexity index is 1000. The minimum atomic E-state index is -0.276. The van der Waals surface area contributed by atoms with Gasteiger partial charge in [-0.05, 0) is 42.3 Å². The second kappa shape index (κ2) is 8.63. The van der Waals surface area contributed by atoms with Gasteiger partial charge in [0.25, 0.3) is 5.91 Å². The van der Waals surface area contributed by atoms with Gasteiger partial charge in [-0.1, -0.05) is 41.1 Å². The van der Waals surface area contributed by atoms with E-state index in [0.717, 1.165) is 16.9 Å². The standard InChI is InChI=1S/C21H21ClN4O3/c1-2-28-17-5-3-4-14(10-17)11-23-21(27)20-18-13-29-19(12-26(18)25-24-20)15-6-8-16(22)9-7-15/h3-10,19H,2,11-13H2,1H3,(H,23,27)/t19-/m1/s1. The van der Waals surface area contributed by atoms with Gasteiger partial charge in [-0.2, -0.15) is 0 Å². The molecule has 4 rings (SSSR count). The second-order valence-corrected chi connectivity index (χ2v) is 7.12. The largest absolute Gasteiger partial charge is 0.494 e. The first-order valence-electron chi connectivity index (χ1n) is 9.43. The van der Waals surface area contributed by atoms with Crippen LogP contribution in [0.5, 0.6) is 5.75 Å². The maximum atomic E-state index is 12.6. The Kier molecular flexibility index (Phi) is 5.78. The molecule has 1 aliphatic rings. The van der Waals surface area contributed by atoms with Crippen LogP contribution < -0.4 is 10.1 Å². The number of halogens is 1. The molecule has 2 aromatic carbocycles. The number of carbonyl (C=O) groups excluding carboxylic acids is 1. The van der Waals surface area contributed by atoms with Crippen molar-refractivity contribution in [3.05, 3.63) is 76.1 Å². The zero-order valence-electron chi connectivity index (χ0n) is 16.0. The van der Waals surface area contributed by atoms with Gasteiger partial charge >= 0.3 is 0 Å². The summed E-state index contributed by atoms with van der Waals surface area (Å²) in [6, 6.07) is 15.1. The van der Waals surface area contributed by atoms with E-state index in [0.29, 0.717) is 36.1 Å². The molecule has 150 valence electrons. The fourth-order valence-corrected chi connectivity index (χ4v) is 3.37. The molecule has 1 atom stereocenters. The highest BCUT2D eigenvalue weighted by Crippen LogP contribution is 2.27. The van der Waals surface area contributed by atoms with Gasteiger partial charge in [-0.15, -0.1) is 5.10 Å². The van der Waals surface area contributed by atoms with Gasteiger partial charge in [0.15, 0.2) is 5.69 Å². The van der Waals surface area contributed by atoms with E-state index < -0.39 is 0 Å². The van der Waals surface area contributed by atoms with E-state index in [-0.39, 0.29) is 18.6 Å². The molecular formula is C21H21ClN4O3. The average Bonchev–Trinajstić information content (AvgIpc) is 3.16. The Balaban J connectivity index is 1.41. The third-order valence-electron chi connectivity index (χ3n) is 4.72. The van der Waals surface area contributed by atoms with Crippen molar-refractivity contribution in [2.45, 2.75) is 32.7 Å². The quantitative estimate of drug-likeness (QED) is 0.670. The van der Waals surface area contributed by atoms with Crippen molar-refractivity contribution in [3.63, 3.8) is 0 Å². The van der Waals surface area contributed by atoms with Crippen molar-refractivity contribution in [1.29, 1.82) is 0 Å². The summed E-state index contributed by atoms with van der Waals surface area (Å²) in [5.74, 6) is 0.503. The summed E-state index contributed by atoms with van der Waals surface area (Å²) in [6.45, 7) is 3.67. The molecule has 0 saturated heterocycles. The maximum absolute atomic E-state index is 12.6. The number of nitrogens with one attached hydrogen (secondary N) is 1. The topological polar surface area (TPSA) is 78.3 Å². The highest BCUT2D eigenvalue weighted by atomic mass is 35.5. The number of fused-ring (bicyclic) bond motifs is 1. The molecule has 1 N–H and O–H groups in total. The monoisotopic (exact) mass is 412 g/mol. The van der Waals surface area contributed by atoms with Gasteiger partial charge < -0.3 is 14.8 Å². The summed E-state index contributed by atoms with van der Waals surface area (Å²) in [4.78, 5) is 12.6. The van der Waals surface area contributed by atoms with Crippen molar-refractivity contribution in [1.82, 2.24) is 20.3 Å². The van der Waals surface area contributed by atoms with Crippen LogP contribution >= 0.6 is 11.6 Å². The van der Waals surface area contributed by atoms with Crippen LogP contribution in [0.2, 0.25) is 5.02 Å². The Morgan fingerprint density at radius 1 is 1.31 bits per heavy atom. The summed E-state index contributed by atoms with van der Waals surface area (Å²) in [7, 11) is 0. The molecule has 0 aliphatic carbocycles. The maximum Gasteiger partial charge on any atom is 0.274 e. The molecular weight excluding hydrogens is 392 g/mol. The van der Waals surface area contributed by atoms with Crippen molar-refractivity contribution < 1.29 is 14.3 Å². The van der Waals surface area contributed by atoms with Crippen LogP contribution in [0.3, 0.4) is 0 Å². The highest BCUT2D eigenvalue weighted by molar-refractivity contribution is 6.30. The molecule has 1 amide bonds. The van der Waals surface area contributed by atoms with Crippen LogP contribution in [0.25, 0.3) is 0 Å². The van der Waals surface area contributed by atoms with Crippen LogP contribution in [0, 0.1) is 0 Å². The molecule has 29 heavy (non-hydrogen) atoms. The molecule has 1 aromatic heterocycles. The number of ether oxygens (including phenoxy) is 2. The summed E-state index contributed by atoms with van der Waals surface area (Å²) in [5, 5.41) is 11.8. The van der Waals surface area contributed by atoms with Gasteiger partial charge in [0.2, 0.25) is 0 Å². The van der Waals surface area contributed by atoms with Crippen molar-refractivity contribution >= 4 is 17.5 Å². The normalized spacial score (nSPS) is 15.6. The first kappa shape index (κ1) is 19.4. The number of benzene rings is 2. The Morgan fingerprint density at radius 2 is 2.14 bits per heavy atom. The molecule has 3 aromatic rings. The first-order valence-corrected chi connectivity index (χ1v) is 9.81. The summed E-state index contributed by atoms with van der Waals surface area (Å²) in [5.41, 5.74) is 2.93. The van der Waals surface area contributed by atoms with E-state index in [1.807, 2.05) is 55.5 Å². The highest BCUT2D eigenvalue weighted by Gasteiger charge is 2.27. The number of carbonyl (C=O) groups is 1. The third-order valence-corrected chi connectivity index (χ3v) is 4.97. The van der Waals surface area contributed by atoms with E-state index in [1.165, 1.54) is 0 Å². The molecule has 1 aliphatic heterocycles. The predicted octanol–water partition coefficient (Wildman–Crippen LogP) is 3.53.